The molecule has 0 spiro atoms. The fourth-order valence-electron chi connectivity index (χ4n) is 2.04. The molecule has 0 aliphatic rings. The molecule has 0 saturated heterocycles. The summed E-state index contributed by atoms with van der Waals surface area (Å²) in [6.45, 7) is 0. The molecule has 0 atom stereocenters. The molecule has 17 heavy (non-hydrogen) atoms. The molecule has 0 fully saturated rings. The molecule has 3 aromatic rings. The van der Waals surface area contributed by atoms with Crippen LogP contribution in [-0.2, 0) is 0 Å². The topological polar surface area (TPSA) is 12.0 Å². The fraction of sp³-hybridized carbons (Fsp3) is 0.0667. The molecule has 0 amide bonds. The number of anilines is 1. The van der Waals surface area contributed by atoms with Crippen molar-refractivity contribution in [1.82, 2.24) is 0 Å². The lowest BCUT2D eigenvalue weighted by Crippen LogP contribution is -1.87. The molecular formula is C15H13NS. The van der Waals surface area contributed by atoms with Crippen LogP contribution in [0, 0.1) is 0 Å². The number of hydrogen-bond acceptors (Lipinski definition) is 2. The minimum atomic E-state index is 1.15. The van der Waals surface area contributed by atoms with E-state index in [0.717, 1.165) is 5.69 Å². The molecule has 1 N–H and O–H groups in total. The minimum absolute atomic E-state index is 1.15. The smallest absolute Gasteiger partial charge is 0.0349 e. The Morgan fingerprint density at radius 1 is 1.00 bits per heavy atom. The van der Waals surface area contributed by atoms with Crippen LogP contribution in [0.2, 0.25) is 0 Å². The second-order valence-electron chi connectivity index (χ2n) is 3.98. The van der Waals surface area contributed by atoms with Gasteiger partial charge in [-0.25, -0.2) is 0 Å². The summed E-state index contributed by atoms with van der Waals surface area (Å²) >= 11 is 1.80. The van der Waals surface area contributed by atoms with E-state index in [0.29, 0.717) is 0 Å². The summed E-state index contributed by atoms with van der Waals surface area (Å²) in [5.74, 6) is 0. The SMILES string of the molecule is CNc1cccc(-c2csc3ccccc23)c1. The first-order valence-electron chi connectivity index (χ1n) is 5.63. The highest BCUT2D eigenvalue weighted by atomic mass is 32.1. The van der Waals surface area contributed by atoms with Crippen LogP contribution >= 0.6 is 11.3 Å². The minimum Gasteiger partial charge on any atom is -0.388 e. The molecule has 2 heteroatoms. The van der Waals surface area contributed by atoms with Crippen molar-refractivity contribution in [2.45, 2.75) is 0 Å². The molecule has 0 bridgehead atoms. The van der Waals surface area contributed by atoms with Gasteiger partial charge in [-0.2, -0.15) is 0 Å². The second-order valence-corrected chi connectivity index (χ2v) is 4.89. The maximum atomic E-state index is 3.18. The van der Waals surface area contributed by atoms with E-state index in [1.54, 1.807) is 11.3 Å². The molecule has 0 unspecified atom stereocenters. The highest BCUT2D eigenvalue weighted by Gasteiger charge is 2.05. The summed E-state index contributed by atoms with van der Waals surface area (Å²) in [6.07, 6.45) is 0. The van der Waals surface area contributed by atoms with Gasteiger partial charge in [0.25, 0.3) is 0 Å². The average molecular weight is 239 g/mol. The zero-order valence-electron chi connectivity index (χ0n) is 9.60. The van der Waals surface area contributed by atoms with E-state index < -0.39 is 0 Å². The van der Waals surface area contributed by atoms with E-state index in [-0.39, 0.29) is 0 Å². The summed E-state index contributed by atoms with van der Waals surface area (Å²) in [5.41, 5.74) is 3.75. The molecule has 1 aromatic heterocycles. The van der Waals surface area contributed by atoms with Gasteiger partial charge in [-0.3, -0.25) is 0 Å². The van der Waals surface area contributed by atoms with E-state index >= 15 is 0 Å². The molecule has 3 rings (SSSR count). The lowest BCUT2D eigenvalue weighted by molar-refractivity contribution is 1.51. The summed E-state index contributed by atoms with van der Waals surface area (Å²) in [6, 6.07) is 17.1. The van der Waals surface area contributed by atoms with Crippen LogP contribution in [0.4, 0.5) is 5.69 Å². The van der Waals surface area contributed by atoms with Crippen LogP contribution < -0.4 is 5.32 Å². The highest BCUT2D eigenvalue weighted by Crippen LogP contribution is 2.34. The Labute approximate surface area is 105 Å². The monoisotopic (exact) mass is 239 g/mol. The predicted molar refractivity (Wildman–Crippen MR) is 76.8 cm³/mol. The van der Waals surface area contributed by atoms with Gasteiger partial charge in [-0.15, -0.1) is 11.3 Å². The van der Waals surface area contributed by atoms with Crippen molar-refractivity contribution in [1.29, 1.82) is 0 Å². The van der Waals surface area contributed by atoms with Crippen LogP contribution in [0.15, 0.2) is 53.9 Å². The van der Waals surface area contributed by atoms with Crippen molar-refractivity contribution >= 4 is 27.1 Å². The van der Waals surface area contributed by atoms with Crippen LogP contribution in [0.3, 0.4) is 0 Å². The van der Waals surface area contributed by atoms with Gasteiger partial charge in [0.05, 0.1) is 0 Å². The van der Waals surface area contributed by atoms with Gasteiger partial charge < -0.3 is 5.32 Å². The van der Waals surface area contributed by atoms with Crippen LogP contribution in [0.5, 0.6) is 0 Å². The van der Waals surface area contributed by atoms with Crippen LogP contribution in [0.25, 0.3) is 21.2 Å². The summed E-state index contributed by atoms with van der Waals surface area (Å²) < 4.78 is 1.34. The molecule has 0 saturated carbocycles. The molecule has 0 aliphatic heterocycles. The Hall–Kier alpha value is -1.80. The van der Waals surface area contributed by atoms with Gasteiger partial charge in [-0.1, -0.05) is 30.3 Å². The van der Waals surface area contributed by atoms with Gasteiger partial charge in [0.15, 0.2) is 0 Å². The Morgan fingerprint density at radius 3 is 2.76 bits per heavy atom. The number of rotatable bonds is 2. The van der Waals surface area contributed by atoms with Crippen molar-refractivity contribution < 1.29 is 0 Å². The van der Waals surface area contributed by atoms with E-state index in [4.69, 9.17) is 0 Å². The standard InChI is InChI=1S/C15H13NS/c1-16-12-6-4-5-11(9-12)14-10-17-15-8-3-2-7-13(14)15/h2-10,16H,1H3. The summed E-state index contributed by atoms with van der Waals surface area (Å²) in [4.78, 5) is 0. The zero-order chi connectivity index (χ0) is 11.7. The third-order valence-electron chi connectivity index (χ3n) is 2.94. The van der Waals surface area contributed by atoms with Gasteiger partial charge in [0.1, 0.15) is 0 Å². The van der Waals surface area contributed by atoms with Crippen molar-refractivity contribution in [3.05, 3.63) is 53.9 Å². The van der Waals surface area contributed by atoms with Crippen molar-refractivity contribution in [3.8, 4) is 11.1 Å². The normalized spacial score (nSPS) is 10.6. The molecule has 1 heterocycles. The van der Waals surface area contributed by atoms with E-state index in [9.17, 15) is 0 Å². The van der Waals surface area contributed by atoms with Crippen LogP contribution in [-0.4, -0.2) is 7.05 Å². The van der Waals surface area contributed by atoms with E-state index in [1.165, 1.54) is 21.2 Å². The first kappa shape index (κ1) is 10.4. The molecule has 84 valence electrons. The molecule has 0 aliphatic carbocycles. The molecular weight excluding hydrogens is 226 g/mol. The Balaban J connectivity index is 2.20. The van der Waals surface area contributed by atoms with Crippen molar-refractivity contribution in [2.24, 2.45) is 0 Å². The van der Waals surface area contributed by atoms with Crippen molar-refractivity contribution in [3.63, 3.8) is 0 Å². The number of thiophene rings is 1. The lowest BCUT2D eigenvalue weighted by Gasteiger charge is -2.04. The average Bonchev–Trinajstić information content (AvgIpc) is 2.82. The first-order chi connectivity index (χ1) is 8.38. The third-order valence-corrected chi connectivity index (χ3v) is 3.91. The van der Waals surface area contributed by atoms with E-state index in [1.807, 2.05) is 7.05 Å². The first-order valence-corrected chi connectivity index (χ1v) is 6.51. The van der Waals surface area contributed by atoms with Gasteiger partial charge in [0, 0.05) is 28.4 Å². The third kappa shape index (κ3) is 1.81. The van der Waals surface area contributed by atoms with Gasteiger partial charge >= 0.3 is 0 Å². The fourth-order valence-corrected chi connectivity index (χ4v) is 3.01. The largest absolute Gasteiger partial charge is 0.388 e. The van der Waals surface area contributed by atoms with Gasteiger partial charge in [-0.05, 0) is 29.1 Å². The van der Waals surface area contributed by atoms with Crippen LogP contribution in [0.1, 0.15) is 0 Å². The Morgan fingerprint density at radius 2 is 1.88 bits per heavy atom. The second kappa shape index (κ2) is 4.22. The quantitative estimate of drug-likeness (QED) is 0.688. The number of benzene rings is 2. The number of fused-ring (bicyclic) bond motifs is 1. The summed E-state index contributed by atoms with van der Waals surface area (Å²) in [5, 5.41) is 6.75. The van der Waals surface area contributed by atoms with E-state index in [2.05, 4.69) is 59.2 Å². The predicted octanol–water partition coefficient (Wildman–Crippen LogP) is 4.61. The summed E-state index contributed by atoms with van der Waals surface area (Å²) in [7, 11) is 1.95. The Bertz CT molecular complexity index is 655. The molecule has 1 nitrogen and oxygen atoms in total. The zero-order valence-corrected chi connectivity index (χ0v) is 10.4. The lowest BCUT2D eigenvalue weighted by atomic mass is 10.0. The number of nitrogens with one attached hydrogen (secondary N) is 1. The highest BCUT2D eigenvalue weighted by molar-refractivity contribution is 7.17. The molecule has 0 radical (unpaired) electrons. The number of hydrogen-bond donors (Lipinski definition) is 1. The molecule has 2 aromatic carbocycles. The maximum Gasteiger partial charge on any atom is 0.0349 e. The Kier molecular flexibility index (Phi) is 2.57. The van der Waals surface area contributed by atoms with Gasteiger partial charge in [0.2, 0.25) is 0 Å². The van der Waals surface area contributed by atoms with Crippen molar-refractivity contribution in [2.75, 3.05) is 12.4 Å². The maximum absolute atomic E-state index is 3.18.